The van der Waals surface area contributed by atoms with Crippen LogP contribution in [0.3, 0.4) is 0 Å². The van der Waals surface area contributed by atoms with Crippen LogP contribution in [0, 0.1) is 12.7 Å². The Morgan fingerprint density at radius 1 is 1.38 bits per heavy atom. The molecule has 0 radical (unpaired) electrons. The number of rotatable bonds is 5. The van der Waals surface area contributed by atoms with Crippen LogP contribution >= 0.6 is 27.3 Å². The van der Waals surface area contributed by atoms with E-state index in [0.29, 0.717) is 10.3 Å². The molecule has 0 spiro atoms. The average molecular weight is 393 g/mol. The first-order valence-electron chi connectivity index (χ1n) is 6.06. The molecule has 21 heavy (non-hydrogen) atoms. The third-order valence-corrected chi connectivity index (χ3v) is 6.48. The molecule has 0 saturated heterocycles. The summed E-state index contributed by atoms with van der Waals surface area (Å²) in [7, 11) is -1.97. The molecule has 0 aliphatic rings. The van der Waals surface area contributed by atoms with E-state index in [4.69, 9.17) is 0 Å². The Balaban J connectivity index is 2.36. The summed E-state index contributed by atoms with van der Waals surface area (Å²) in [4.78, 5) is 1.04. The van der Waals surface area contributed by atoms with Gasteiger partial charge in [0.2, 0.25) is 0 Å². The molecule has 0 fully saturated rings. The van der Waals surface area contributed by atoms with Gasteiger partial charge in [0.25, 0.3) is 10.0 Å². The van der Waals surface area contributed by atoms with Gasteiger partial charge in [-0.1, -0.05) is 6.07 Å². The number of benzene rings is 1. The minimum atomic E-state index is -3.76. The van der Waals surface area contributed by atoms with Crippen molar-refractivity contribution in [2.24, 2.45) is 0 Å². The van der Waals surface area contributed by atoms with Crippen LogP contribution in [0.2, 0.25) is 0 Å². The molecule has 114 valence electrons. The van der Waals surface area contributed by atoms with Crippen molar-refractivity contribution in [1.29, 1.82) is 0 Å². The van der Waals surface area contributed by atoms with E-state index in [1.165, 1.54) is 36.5 Å². The molecule has 1 aromatic carbocycles. The van der Waals surface area contributed by atoms with Crippen molar-refractivity contribution >= 4 is 43.0 Å². The number of sulfonamides is 1. The smallest absolute Gasteiger partial charge is 0.263 e. The van der Waals surface area contributed by atoms with Crippen molar-refractivity contribution < 1.29 is 12.8 Å². The lowest BCUT2D eigenvalue weighted by molar-refractivity contribution is 0.600. The lowest BCUT2D eigenvalue weighted by atomic mass is 10.2. The largest absolute Gasteiger partial charge is 0.315 e. The van der Waals surface area contributed by atoms with Gasteiger partial charge in [-0.25, -0.2) is 12.8 Å². The zero-order valence-corrected chi connectivity index (χ0v) is 14.6. The first kappa shape index (κ1) is 16.4. The standard InChI is InChI=1S/C13H14BrFN2O2S2/c1-8-10(15)4-3-5-11(8)17-21(18,19)12-6-9(7-16-2)20-13(12)14/h3-6,16-17H,7H2,1-2H3. The zero-order valence-electron chi connectivity index (χ0n) is 11.4. The third kappa shape index (κ3) is 3.63. The number of hydrogen-bond donors (Lipinski definition) is 2. The highest BCUT2D eigenvalue weighted by atomic mass is 79.9. The number of halogens is 2. The molecular weight excluding hydrogens is 379 g/mol. The summed E-state index contributed by atoms with van der Waals surface area (Å²) in [5.41, 5.74) is 0.506. The van der Waals surface area contributed by atoms with E-state index in [1.807, 2.05) is 0 Å². The van der Waals surface area contributed by atoms with Crippen LogP contribution in [0.15, 0.2) is 32.9 Å². The second-order valence-corrected chi connectivity index (χ2v) is 8.50. The summed E-state index contributed by atoms with van der Waals surface area (Å²) in [5, 5.41) is 2.97. The van der Waals surface area contributed by atoms with E-state index in [-0.39, 0.29) is 16.1 Å². The molecule has 4 nitrogen and oxygen atoms in total. The van der Waals surface area contributed by atoms with E-state index in [2.05, 4.69) is 26.0 Å². The summed E-state index contributed by atoms with van der Waals surface area (Å²) in [6, 6.07) is 5.89. The topological polar surface area (TPSA) is 58.2 Å². The fraction of sp³-hybridized carbons (Fsp3) is 0.231. The number of nitrogens with one attached hydrogen (secondary N) is 2. The van der Waals surface area contributed by atoms with Gasteiger partial charge in [0.1, 0.15) is 10.7 Å². The maximum Gasteiger partial charge on any atom is 0.263 e. The minimum absolute atomic E-state index is 0.154. The summed E-state index contributed by atoms with van der Waals surface area (Å²) in [5.74, 6) is -0.449. The second-order valence-electron chi connectivity index (χ2n) is 4.40. The Hall–Kier alpha value is -0.960. The maximum absolute atomic E-state index is 13.5. The SMILES string of the molecule is CNCc1cc(S(=O)(=O)Nc2cccc(F)c2C)c(Br)s1. The summed E-state index contributed by atoms with van der Waals surface area (Å²) in [6.07, 6.45) is 0. The number of hydrogen-bond acceptors (Lipinski definition) is 4. The quantitative estimate of drug-likeness (QED) is 0.818. The Bertz CT molecular complexity index is 760. The van der Waals surface area contributed by atoms with E-state index in [0.717, 1.165) is 4.88 Å². The van der Waals surface area contributed by atoms with E-state index in [9.17, 15) is 12.8 Å². The fourth-order valence-electron chi connectivity index (χ4n) is 1.76. The lowest BCUT2D eigenvalue weighted by Gasteiger charge is -2.10. The molecule has 1 aromatic heterocycles. The van der Waals surface area contributed by atoms with E-state index < -0.39 is 15.8 Å². The van der Waals surface area contributed by atoms with Gasteiger partial charge in [0.05, 0.1) is 9.47 Å². The van der Waals surface area contributed by atoms with Crippen LogP contribution in [-0.2, 0) is 16.6 Å². The van der Waals surface area contributed by atoms with Gasteiger partial charge in [-0.05, 0) is 48.1 Å². The highest BCUT2D eigenvalue weighted by molar-refractivity contribution is 9.11. The molecule has 0 saturated carbocycles. The van der Waals surface area contributed by atoms with Gasteiger partial charge in [-0.15, -0.1) is 11.3 Å². The van der Waals surface area contributed by atoms with Crippen molar-refractivity contribution in [3.63, 3.8) is 0 Å². The van der Waals surface area contributed by atoms with Gasteiger partial charge in [-0.3, -0.25) is 4.72 Å². The Morgan fingerprint density at radius 3 is 2.76 bits per heavy atom. The van der Waals surface area contributed by atoms with Gasteiger partial charge < -0.3 is 5.32 Å². The van der Waals surface area contributed by atoms with Crippen LogP contribution in [-0.4, -0.2) is 15.5 Å². The molecule has 8 heteroatoms. The first-order valence-corrected chi connectivity index (χ1v) is 9.15. The highest BCUT2D eigenvalue weighted by Gasteiger charge is 2.22. The Labute approximate surface area is 135 Å². The van der Waals surface area contributed by atoms with Crippen molar-refractivity contribution in [3.8, 4) is 0 Å². The molecule has 0 aliphatic carbocycles. The van der Waals surface area contributed by atoms with Crippen LogP contribution in [0.25, 0.3) is 0 Å². The monoisotopic (exact) mass is 392 g/mol. The summed E-state index contributed by atoms with van der Waals surface area (Å²) >= 11 is 4.61. The Morgan fingerprint density at radius 2 is 2.10 bits per heavy atom. The molecule has 0 unspecified atom stereocenters. The van der Waals surface area contributed by atoms with Crippen LogP contribution in [0.5, 0.6) is 0 Å². The zero-order chi connectivity index (χ0) is 15.6. The molecule has 1 heterocycles. The van der Waals surface area contributed by atoms with Crippen molar-refractivity contribution in [2.75, 3.05) is 11.8 Å². The molecule has 0 amide bonds. The first-order chi connectivity index (χ1) is 9.85. The minimum Gasteiger partial charge on any atom is -0.315 e. The fourth-order valence-corrected chi connectivity index (χ4v) is 5.58. The third-order valence-electron chi connectivity index (χ3n) is 2.86. The van der Waals surface area contributed by atoms with Crippen LogP contribution < -0.4 is 10.0 Å². The van der Waals surface area contributed by atoms with Crippen molar-refractivity contribution in [1.82, 2.24) is 5.32 Å². The molecule has 2 N–H and O–H groups in total. The second kappa shape index (κ2) is 6.43. The molecular formula is C13H14BrFN2O2S2. The molecule has 0 bridgehead atoms. The van der Waals surface area contributed by atoms with Crippen LogP contribution in [0.4, 0.5) is 10.1 Å². The van der Waals surface area contributed by atoms with Gasteiger partial charge in [-0.2, -0.15) is 0 Å². The van der Waals surface area contributed by atoms with E-state index >= 15 is 0 Å². The normalized spacial score (nSPS) is 11.6. The predicted molar refractivity (Wildman–Crippen MR) is 86.7 cm³/mol. The number of anilines is 1. The molecule has 2 rings (SSSR count). The van der Waals surface area contributed by atoms with E-state index in [1.54, 1.807) is 13.1 Å². The summed E-state index contributed by atoms with van der Waals surface area (Å²) < 4.78 is 41.3. The Kier molecular flexibility index (Phi) is 5.03. The average Bonchev–Trinajstić information content (AvgIpc) is 2.77. The maximum atomic E-state index is 13.5. The number of thiophene rings is 1. The molecule has 0 atom stereocenters. The van der Waals surface area contributed by atoms with Crippen molar-refractivity contribution in [2.45, 2.75) is 18.4 Å². The predicted octanol–water partition coefficient (Wildman–Crippen LogP) is 3.48. The lowest BCUT2D eigenvalue weighted by Crippen LogP contribution is -2.14. The molecule has 0 aliphatic heterocycles. The van der Waals surface area contributed by atoms with Crippen molar-refractivity contribution in [3.05, 3.63) is 44.3 Å². The highest BCUT2D eigenvalue weighted by Crippen LogP contribution is 2.33. The summed E-state index contributed by atoms with van der Waals surface area (Å²) in [6.45, 7) is 2.11. The van der Waals surface area contributed by atoms with Gasteiger partial charge in [0.15, 0.2) is 0 Å². The van der Waals surface area contributed by atoms with Crippen LogP contribution in [0.1, 0.15) is 10.4 Å². The van der Waals surface area contributed by atoms with Gasteiger partial charge in [0, 0.05) is 17.0 Å². The van der Waals surface area contributed by atoms with Gasteiger partial charge >= 0.3 is 0 Å². The molecule has 2 aromatic rings.